The third-order valence-electron chi connectivity index (χ3n) is 2.20. The molecule has 0 spiro atoms. The van der Waals surface area contributed by atoms with Crippen molar-refractivity contribution >= 4 is 5.91 Å². The van der Waals surface area contributed by atoms with Gasteiger partial charge in [0.15, 0.2) is 0 Å². The third-order valence-corrected chi connectivity index (χ3v) is 2.20. The summed E-state index contributed by atoms with van der Waals surface area (Å²) < 4.78 is 0. The lowest BCUT2D eigenvalue weighted by molar-refractivity contribution is -0.120. The first-order valence-corrected chi connectivity index (χ1v) is 5.37. The Balaban J connectivity index is 2.95. The molecular weight excluding hydrogens is 162 g/mol. The molecule has 0 aliphatic heterocycles. The van der Waals surface area contributed by atoms with E-state index < -0.39 is 0 Å². The second-order valence-corrected chi connectivity index (χ2v) is 3.47. The van der Waals surface area contributed by atoms with E-state index in [2.05, 4.69) is 19.3 Å². The van der Waals surface area contributed by atoms with Crippen LogP contribution in [0, 0.1) is 7.05 Å². The fourth-order valence-electron chi connectivity index (χ4n) is 1.33. The summed E-state index contributed by atoms with van der Waals surface area (Å²) in [7, 11) is 3.33. The first-order chi connectivity index (χ1) is 6.31. The van der Waals surface area contributed by atoms with Gasteiger partial charge in [0, 0.05) is 13.5 Å². The Morgan fingerprint density at radius 1 is 1.08 bits per heavy atom. The smallest absolute Gasteiger partial charge is 0.220 e. The standard InChI is InChI=1S/C11H22NO/c1-3-4-5-6-7-8-9-10-11(13)12-2/h2-10H2,1H3,(H,12,13). The number of rotatable bonds is 8. The van der Waals surface area contributed by atoms with E-state index in [1.54, 1.807) is 0 Å². The van der Waals surface area contributed by atoms with Gasteiger partial charge >= 0.3 is 0 Å². The number of hydrogen-bond acceptors (Lipinski definition) is 1. The van der Waals surface area contributed by atoms with E-state index in [9.17, 15) is 4.79 Å². The Bertz CT molecular complexity index is 123. The van der Waals surface area contributed by atoms with Crippen molar-refractivity contribution in [3.63, 3.8) is 0 Å². The van der Waals surface area contributed by atoms with Gasteiger partial charge in [-0.25, -0.2) is 0 Å². The Morgan fingerprint density at radius 2 is 1.62 bits per heavy atom. The molecule has 2 heteroatoms. The van der Waals surface area contributed by atoms with Crippen molar-refractivity contribution in [2.45, 2.75) is 58.3 Å². The van der Waals surface area contributed by atoms with E-state index in [-0.39, 0.29) is 5.91 Å². The summed E-state index contributed by atoms with van der Waals surface area (Å²) >= 11 is 0. The van der Waals surface area contributed by atoms with Crippen LogP contribution in [0.25, 0.3) is 0 Å². The Labute approximate surface area is 82.1 Å². The van der Waals surface area contributed by atoms with E-state index in [0.29, 0.717) is 6.42 Å². The molecule has 0 unspecified atom stereocenters. The molecule has 77 valence electrons. The summed E-state index contributed by atoms with van der Waals surface area (Å²) in [5, 5.41) is 2.39. The minimum Gasteiger partial charge on any atom is -0.354 e. The molecule has 2 nitrogen and oxygen atoms in total. The highest BCUT2D eigenvalue weighted by molar-refractivity contribution is 5.75. The van der Waals surface area contributed by atoms with E-state index in [4.69, 9.17) is 0 Å². The number of hydrogen-bond donors (Lipinski definition) is 1. The average Bonchev–Trinajstić information content (AvgIpc) is 2.16. The Kier molecular flexibility index (Phi) is 9.17. The predicted molar refractivity (Wildman–Crippen MR) is 56.1 cm³/mol. The van der Waals surface area contributed by atoms with Crippen molar-refractivity contribution in [3.05, 3.63) is 7.05 Å². The molecule has 0 aromatic heterocycles. The van der Waals surface area contributed by atoms with E-state index in [0.717, 1.165) is 6.42 Å². The fourth-order valence-corrected chi connectivity index (χ4v) is 1.33. The Morgan fingerprint density at radius 3 is 2.15 bits per heavy atom. The van der Waals surface area contributed by atoms with Gasteiger partial charge < -0.3 is 5.32 Å². The number of nitrogens with one attached hydrogen (secondary N) is 1. The van der Waals surface area contributed by atoms with Gasteiger partial charge in [0.1, 0.15) is 0 Å². The normalized spacial score (nSPS) is 10.0. The topological polar surface area (TPSA) is 29.1 Å². The molecule has 1 N–H and O–H groups in total. The van der Waals surface area contributed by atoms with E-state index >= 15 is 0 Å². The Hall–Kier alpha value is -0.530. The summed E-state index contributed by atoms with van der Waals surface area (Å²) in [6, 6.07) is 0. The quantitative estimate of drug-likeness (QED) is 0.577. The molecule has 0 aliphatic rings. The maximum absolute atomic E-state index is 10.8. The molecule has 0 aliphatic carbocycles. The maximum Gasteiger partial charge on any atom is 0.220 e. The molecule has 1 radical (unpaired) electrons. The van der Waals surface area contributed by atoms with Crippen LogP contribution in [-0.4, -0.2) is 5.91 Å². The van der Waals surface area contributed by atoms with Crippen molar-refractivity contribution in [1.82, 2.24) is 5.32 Å². The van der Waals surface area contributed by atoms with Gasteiger partial charge in [-0.05, 0) is 6.42 Å². The van der Waals surface area contributed by atoms with Gasteiger partial charge in [0.05, 0.1) is 0 Å². The van der Waals surface area contributed by atoms with E-state index in [1.165, 1.54) is 38.5 Å². The van der Waals surface area contributed by atoms with Crippen LogP contribution in [0.5, 0.6) is 0 Å². The van der Waals surface area contributed by atoms with Crippen molar-refractivity contribution in [1.29, 1.82) is 0 Å². The fraction of sp³-hybridized carbons (Fsp3) is 0.818. The van der Waals surface area contributed by atoms with Gasteiger partial charge in [0.25, 0.3) is 0 Å². The van der Waals surface area contributed by atoms with Crippen molar-refractivity contribution in [2.75, 3.05) is 0 Å². The predicted octanol–water partition coefficient (Wildman–Crippen LogP) is 3.03. The molecule has 0 aromatic rings. The van der Waals surface area contributed by atoms with E-state index in [1.807, 2.05) is 0 Å². The second-order valence-electron chi connectivity index (χ2n) is 3.47. The van der Waals surface area contributed by atoms with Crippen LogP contribution in [0.3, 0.4) is 0 Å². The van der Waals surface area contributed by atoms with Crippen molar-refractivity contribution in [2.24, 2.45) is 0 Å². The van der Waals surface area contributed by atoms with Crippen LogP contribution in [-0.2, 0) is 4.79 Å². The van der Waals surface area contributed by atoms with Gasteiger partial charge in [-0.1, -0.05) is 45.4 Å². The number of carbonyl (C=O) groups is 1. The lowest BCUT2D eigenvalue weighted by atomic mass is 10.1. The lowest BCUT2D eigenvalue weighted by Crippen LogP contribution is -2.14. The van der Waals surface area contributed by atoms with Crippen LogP contribution in [0.15, 0.2) is 0 Å². The molecule has 13 heavy (non-hydrogen) atoms. The molecule has 0 fully saturated rings. The monoisotopic (exact) mass is 184 g/mol. The zero-order valence-corrected chi connectivity index (χ0v) is 8.77. The number of amides is 1. The summed E-state index contributed by atoms with van der Waals surface area (Å²) in [4.78, 5) is 10.8. The van der Waals surface area contributed by atoms with Gasteiger partial charge in [-0.2, -0.15) is 0 Å². The molecule has 0 saturated carbocycles. The highest BCUT2D eigenvalue weighted by Crippen LogP contribution is 2.07. The minimum absolute atomic E-state index is 0.0635. The zero-order chi connectivity index (χ0) is 9.94. The van der Waals surface area contributed by atoms with Gasteiger partial charge in [0.2, 0.25) is 5.91 Å². The first kappa shape index (κ1) is 12.5. The summed E-state index contributed by atoms with van der Waals surface area (Å²) in [5.74, 6) is 0.0635. The molecule has 1 amide bonds. The third kappa shape index (κ3) is 9.38. The average molecular weight is 184 g/mol. The van der Waals surface area contributed by atoms with Crippen LogP contribution >= 0.6 is 0 Å². The molecule has 0 rings (SSSR count). The summed E-state index contributed by atoms with van der Waals surface area (Å²) in [5.41, 5.74) is 0. The SMILES string of the molecule is [CH2]NC(=O)CCCCCCCCC. The maximum atomic E-state index is 10.8. The highest BCUT2D eigenvalue weighted by atomic mass is 16.1. The van der Waals surface area contributed by atoms with Crippen LogP contribution in [0.4, 0.5) is 0 Å². The van der Waals surface area contributed by atoms with Crippen molar-refractivity contribution in [3.8, 4) is 0 Å². The second kappa shape index (κ2) is 9.56. The molecule has 0 heterocycles. The van der Waals surface area contributed by atoms with Gasteiger partial charge in [-0.3, -0.25) is 4.79 Å². The number of carbonyl (C=O) groups excluding carboxylic acids is 1. The molecule has 0 aromatic carbocycles. The summed E-state index contributed by atoms with van der Waals surface area (Å²) in [6.45, 7) is 2.22. The lowest BCUT2D eigenvalue weighted by Gasteiger charge is -2.00. The molecular formula is C11H22NO. The van der Waals surface area contributed by atoms with Crippen molar-refractivity contribution < 1.29 is 4.79 Å². The first-order valence-electron chi connectivity index (χ1n) is 5.37. The molecule has 0 atom stereocenters. The van der Waals surface area contributed by atoms with Crippen LogP contribution in [0.2, 0.25) is 0 Å². The van der Waals surface area contributed by atoms with Crippen LogP contribution < -0.4 is 5.32 Å². The molecule has 0 bridgehead atoms. The molecule has 0 saturated heterocycles. The van der Waals surface area contributed by atoms with Crippen LogP contribution in [0.1, 0.15) is 58.3 Å². The number of unbranched alkanes of at least 4 members (excludes halogenated alkanes) is 6. The largest absolute Gasteiger partial charge is 0.354 e. The summed E-state index contributed by atoms with van der Waals surface area (Å²) in [6.07, 6.45) is 9.40. The highest BCUT2D eigenvalue weighted by Gasteiger charge is 1.96. The minimum atomic E-state index is 0.0635. The van der Waals surface area contributed by atoms with Gasteiger partial charge in [-0.15, -0.1) is 0 Å². The zero-order valence-electron chi connectivity index (χ0n) is 8.77.